The normalized spacial score (nSPS) is 11.9. The first-order valence-electron chi connectivity index (χ1n) is 5.01. The van der Waals surface area contributed by atoms with Crippen LogP contribution in [-0.2, 0) is 9.59 Å². The minimum absolute atomic E-state index is 0.0127. The molecule has 0 bridgehead atoms. The molecule has 0 spiro atoms. The van der Waals surface area contributed by atoms with Gasteiger partial charge in [0.2, 0.25) is 11.8 Å². The monoisotopic (exact) mass is 200 g/mol. The van der Waals surface area contributed by atoms with Crippen molar-refractivity contribution >= 4 is 11.8 Å². The van der Waals surface area contributed by atoms with E-state index in [-0.39, 0.29) is 11.8 Å². The van der Waals surface area contributed by atoms with Gasteiger partial charge < -0.3 is 10.6 Å². The van der Waals surface area contributed by atoms with Crippen LogP contribution in [0.25, 0.3) is 0 Å². The standard InChI is InChI=1S/C10H20N2O2/c1-8(7-12-10(3)14)5-4-6-11-9(2)13/h8H,4-7H2,1-3H3,(H,11,13)(H,12,14). The van der Waals surface area contributed by atoms with Crippen LogP contribution in [0.5, 0.6) is 0 Å². The summed E-state index contributed by atoms with van der Waals surface area (Å²) < 4.78 is 0. The molecule has 2 N–H and O–H groups in total. The first-order chi connectivity index (χ1) is 6.52. The largest absolute Gasteiger partial charge is 0.356 e. The van der Waals surface area contributed by atoms with E-state index in [1.807, 2.05) is 0 Å². The fourth-order valence-corrected chi connectivity index (χ4v) is 1.13. The van der Waals surface area contributed by atoms with Gasteiger partial charge in [-0.1, -0.05) is 6.92 Å². The van der Waals surface area contributed by atoms with Crippen molar-refractivity contribution < 1.29 is 9.59 Å². The zero-order valence-electron chi connectivity index (χ0n) is 9.22. The second-order valence-corrected chi connectivity index (χ2v) is 3.67. The Morgan fingerprint density at radius 3 is 2.21 bits per heavy atom. The predicted octanol–water partition coefficient (Wildman–Crippen LogP) is 0.675. The second-order valence-electron chi connectivity index (χ2n) is 3.67. The molecule has 4 nitrogen and oxygen atoms in total. The molecule has 2 amide bonds. The third-order valence-corrected chi connectivity index (χ3v) is 1.95. The van der Waals surface area contributed by atoms with Gasteiger partial charge in [-0.25, -0.2) is 0 Å². The van der Waals surface area contributed by atoms with Gasteiger partial charge in [0.1, 0.15) is 0 Å². The molecule has 14 heavy (non-hydrogen) atoms. The summed E-state index contributed by atoms with van der Waals surface area (Å²) in [5.41, 5.74) is 0. The summed E-state index contributed by atoms with van der Waals surface area (Å²) in [5.74, 6) is 0.492. The Balaban J connectivity index is 3.30. The maximum absolute atomic E-state index is 10.6. The highest BCUT2D eigenvalue weighted by atomic mass is 16.1. The maximum atomic E-state index is 10.6. The number of nitrogens with one attached hydrogen (secondary N) is 2. The SMILES string of the molecule is CC(=O)NCCCC(C)CNC(C)=O. The number of hydrogen-bond acceptors (Lipinski definition) is 2. The van der Waals surface area contributed by atoms with Crippen LogP contribution in [0.1, 0.15) is 33.6 Å². The Morgan fingerprint density at radius 1 is 1.14 bits per heavy atom. The van der Waals surface area contributed by atoms with Crippen molar-refractivity contribution in [3.63, 3.8) is 0 Å². The maximum Gasteiger partial charge on any atom is 0.216 e. The van der Waals surface area contributed by atoms with Crippen LogP contribution in [0.4, 0.5) is 0 Å². The minimum Gasteiger partial charge on any atom is -0.356 e. The van der Waals surface area contributed by atoms with Gasteiger partial charge in [0.05, 0.1) is 0 Å². The topological polar surface area (TPSA) is 58.2 Å². The average molecular weight is 200 g/mol. The lowest BCUT2D eigenvalue weighted by molar-refractivity contribution is -0.119. The van der Waals surface area contributed by atoms with Gasteiger partial charge in [-0.15, -0.1) is 0 Å². The van der Waals surface area contributed by atoms with Gasteiger partial charge >= 0.3 is 0 Å². The zero-order valence-corrected chi connectivity index (χ0v) is 9.22. The third-order valence-electron chi connectivity index (χ3n) is 1.95. The number of amides is 2. The summed E-state index contributed by atoms with van der Waals surface area (Å²) in [5, 5.41) is 5.51. The van der Waals surface area contributed by atoms with Gasteiger partial charge in [-0.05, 0) is 18.8 Å². The summed E-state index contributed by atoms with van der Waals surface area (Å²) >= 11 is 0. The third kappa shape index (κ3) is 9.03. The van der Waals surface area contributed by atoms with E-state index >= 15 is 0 Å². The van der Waals surface area contributed by atoms with Gasteiger partial charge in [0.15, 0.2) is 0 Å². The Hall–Kier alpha value is -1.06. The van der Waals surface area contributed by atoms with Gasteiger partial charge in [0, 0.05) is 26.9 Å². The predicted molar refractivity (Wildman–Crippen MR) is 55.8 cm³/mol. The minimum atomic E-state index is 0.0127. The lowest BCUT2D eigenvalue weighted by atomic mass is 10.1. The van der Waals surface area contributed by atoms with E-state index in [2.05, 4.69) is 17.6 Å². The molecule has 0 aliphatic rings. The Bertz CT molecular complexity index is 193. The van der Waals surface area contributed by atoms with E-state index < -0.39 is 0 Å². The fourth-order valence-electron chi connectivity index (χ4n) is 1.13. The van der Waals surface area contributed by atoms with Crippen molar-refractivity contribution in [2.45, 2.75) is 33.6 Å². The summed E-state index contributed by atoms with van der Waals surface area (Å²) in [7, 11) is 0. The lowest BCUT2D eigenvalue weighted by Gasteiger charge is -2.11. The van der Waals surface area contributed by atoms with Gasteiger partial charge in [-0.2, -0.15) is 0 Å². The van der Waals surface area contributed by atoms with Crippen LogP contribution in [0.3, 0.4) is 0 Å². The van der Waals surface area contributed by atoms with Crippen molar-refractivity contribution in [2.24, 2.45) is 5.92 Å². The molecule has 0 aliphatic heterocycles. The Labute approximate surface area is 85.4 Å². The molecule has 0 aliphatic carbocycles. The molecule has 0 fully saturated rings. The highest BCUT2D eigenvalue weighted by molar-refractivity contribution is 5.73. The first-order valence-corrected chi connectivity index (χ1v) is 5.01. The van der Waals surface area contributed by atoms with E-state index in [1.54, 1.807) is 0 Å². The van der Waals surface area contributed by atoms with Crippen molar-refractivity contribution in [1.29, 1.82) is 0 Å². The van der Waals surface area contributed by atoms with E-state index in [4.69, 9.17) is 0 Å². The number of hydrogen-bond donors (Lipinski definition) is 2. The van der Waals surface area contributed by atoms with E-state index in [0.717, 1.165) is 25.9 Å². The average Bonchev–Trinajstić information content (AvgIpc) is 2.08. The highest BCUT2D eigenvalue weighted by Gasteiger charge is 2.02. The Morgan fingerprint density at radius 2 is 1.71 bits per heavy atom. The van der Waals surface area contributed by atoms with Crippen LogP contribution in [-0.4, -0.2) is 24.9 Å². The molecule has 82 valence electrons. The van der Waals surface area contributed by atoms with Crippen LogP contribution in [0, 0.1) is 5.92 Å². The van der Waals surface area contributed by atoms with Crippen LogP contribution in [0.15, 0.2) is 0 Å². The van der Waals surface area contributed by atoms with Gasteiger partial charge in [0.25, 0.3) is 0 Å². The number of carbonyl (C=O) groups is 2. The molecule has 0 saturated heterocycles. The summed E-state index contributed by atoms with van der Waals surface area (Å²) in [6.07, 6.45) is 1.97. The van der Waals surface area contributed by atoms with Crippen LogP contribution < -0.4 is 10.6 Å². The molecule has 0 heterocycles. The lowest BCUT2D eigenvalue weighted by Crippen LogP contribution is -2.26. The summed E-state index contributed by atoms with van der Waals surface area (Å²) in [6, 6.07) is 0. The van der Waals surface area contributed by atoms with E-state index in [9.17, 15) is 9.59 Å². The molecule has 0 radical (unpaired) electrons. The number of rotatable bonds is 6. The summed E-state index contributed by atoms with van der Waals surface area (Å²) in [4.78, 5) is 21.1. The smallest absolute Gasteiger partial charge is 0.216 e. The molecule has 1 atom stereocenters. The van der Waals surface area contributed by atoms with Crippen molar-refractivity contribution in [3.8, 4) is 0 Å². The second kappa shape index (κ2) is 7.35. The molecule has 0 saturated carbocycles. The molecule has 0 aromatic rings. The van der Waals surface area contributed by atoms with Crippen molar-refractivity contribution in [3.05, 3.63) is 0 Å². The van der Waals surface area contributed by atoms with Crippen molar-refractivity contribution in [2.75, 3.05) is 13.1 Å². The molecule has 0 rings (SSSR count). The van der Waals surface area contributed by atoms with Crippen LogP contribution in [0.2, 0.25) is 0 Å². The highest BCUT2D eigenvalue weighted by Crippen LogP contribution is 2.02. The molecular formula is C10H20N2O2. The van der Waals surface area contributed by atoms with Gasteiger partial charge in [-0.3, -0.25) is 9.59 Å². The molecule has 4 heteroatoms. The van der Waals surface area contributed by atoms with Crippen LogP contribution >= 0.6 is 0 Å². The zero-order chi connectivity index (χ0) is 11.0. The fraction of sp³-hybridized carbons (Fsp3) is 0.800. The van der Waals surface area contributed by atoms with E-state index in [1.165, 1.54) is 13.8 Å². The van der Waals surface area contributed by atoms with Crippen molar-refractivity contribution in [1.82, 2.24) is 10.6 Å². The van der Waals surface area contributed by atoms with E-state index in [0.29, 0.717) is 5.92 Å². The summed E-state index contributed by atoms with van der Waals surface area (Å²) in [6.45, 7) is 6.56. The molecule has 1 unspecified atom stereocenters. The molecule has 0 aromatic heterocycles. The molecule has 0 aromatic carbocycles. The molecular weight excluding hydrogens is 180 g/mol. The Kier molecular flexibility index (Phi) is 6.80. The quantitative estimate of drug-likeness (QED) is 0.619. The number of carbonyl (C=O) groups excluding carboxylic acids is 2. The first kappa shape index (κ1) is 12.9.